The summed E-state index contributed by atoms with van der Waals surface area (Å²) in [4.78, 5) is 13.6. The highest BCUT2D eigenvalue weighted by atomic mass is 32.1. The van der Waals surface area contributed by atoms with Crippen LogP contribution in [0.15, 0.2) is 6.07 Å². The van der Waals surface area contributed by atoms with Crippen LogP contribution < -0.4 is 4.90 Å². The zero-order chi connectivity index (χ0) is 14.2. The minimum absolute atomic E-state index is 0.127. The second kappa shape index (κ2) is 5.46. The van der Waals surface area contributed by atoms with E-state index in [0.717, 1.165) is 13.0 Å². The fourth-order valence-corrected chi connectivity index (χ4v) is 3.68. The number of thiophene rings is 1. The number of hydrogen-bond donors (Lipinski definition) is 1. The van der Waals surface area contributed by atoms with Crippen molar-refractivity contribution in [2.24, 2.45) is 5.92 Å². The maximum Gasteiger partial charge on any atom is 0.304 e. The Morgan fingerprint density at radius 3 is 2.79 bits per heavy atom. The van der Waals surface area contributed by atoms with Crippen molar-refractivity contribution in [3.8, 4) is 0 Å². The minimum atomic E-state index is -0.657. The van der Waals surface area contributed by atoms with Crippen LogP contribution in [0.1, 0.15) is 44.6 Å². The van der Waals surface area contributed by atoms with Crippen LogP contribution in [0.25, 0.3) is 0 Å². The number of nitrogens with zero attached hydrogens (tertiary/aromatic N) is 2. The number of aliphatic hydroxyl groups is 1. The minimum Gasteiger partial charge on any atom is -0.388 e. The molecule has 1 aromatic heterocycles. The average Bonchev–Trinajstić information content (AvgIpc) is 2.77. The van der Waals surface area contributed by atoms with E-state index < -0.39 is 6.10 Å². The number of piperidine rings is 1. The molecular formula is C13H20N2O3S. The molecule has 1 aliphatic heterocycles. The normalized spacial score (nSPS) is 25.4. The van der Waals surface area contributed by atoms with Gasteiger partial charge in [0.2, 0.25) is 0 Å². The lowest BCUT2D eigenvalue weighted by atomic mass is 9.95. The second-order valence-corrected chi connectivity index (χ2v) is 6.52. The molecule has 6 heteroatoms. The van der Waals surface area contributed by atoms with E-state index >= 15 is 0 Å². The predicted octanol–water partition coefficient (Wildman–Crippen LogP) is 3.33. The van der Waals surface area contributed by atoms with Crippen molar-refractivity contribution in [3.63, 3.8) is 0 Å². The van der Waals surface area contributed by atoms with Gasteiger partial charge in [-0.2, -0.15) is 0 Å². The first kappa shape index (κ1) is 14.3. The van der Waals surface area contributed by atoms with E-state index in [1.807, 2.05) is 0 Å². The molecule has 0 spiro atoms. The summed E-state index contributed by atoms with van der Waals surface area (Å²) in [7, 11) is 0. The maximum atomic E-state index is 11.2. The molecule has 3 atom stereocenters. The van der Waals surface area contributed by atoms with Gasteiger partial charge in [-0.05, 0) is 32.6 Å². The molecule has 0 aromatic carbocycles. The zero-order valence-electron chi connectivity index (χ0n) is 11.5. The van der Waals surface area contributed by atoms with Crippen molar-refractivity contribution in [1.82, 2.24) is 0 Å². The number of anilines is 1. The Morgan fingerprint density at radius 1 is 1.53 bits per heavy atom. The van der Waals surface area contributed by atoms with Crippen molar-refractivity contribution in [1.29, 1.82) is 0 Å². The van der Waals surface area contributed by atoms with E-state index in [0.29, 0.717) is 21.8 Å². The summed E-state index contributed by atoms with van der Waals surface area (Å²) >= 11 is 1.34. The molecule has 1 N–H and O–H groups in total. The third-order valence-corrected chi connectivity index (χ3v) is 5.03. The first-order valence-electron chi connectivity index (χ1n) is 6.63. The highest BCUT2D eigenvalue weighted by molar-refractivity contribution is 7.16. The molecule has 1 fully saturated rings. The van der Waals surface area contributed by atoms with E-state index in [2.05, 4.69) is 18.7 Å². The molecule has 5 nitrogen and oxygen atoms in total. The van der Waals surface area contributed by atoms with Gasteiger partial charge in [0.05, 0.1) is 11.0 Å². The van der Waals surface area contributed by atoms with Gasteiger partial charge in [-0.15, -0.1) is 11.3 Å². The number of hydrogen-bond acceptors (Lipinski definition) is 5. The average molecular weight is 284 g/mol. The molecule has 2 rings (SSSR count). The molecule has 0 saturated carbocycles. The first-order chi connectivity index (χ1) is 8.90. The van der Waals surface area contributed by atoms with Crippen LogP contribution >= 0.6 is 11.3 Å². The smallest absolute Gasteiger partial charge is 0.304 e. The topological polar surface area (TPSA) is 66.6 Å². The van der Waals surface area contributed by atoms with Crippen LogP contribution in [0.2, 0.25) is 0 Å². The fraction of sp³-hybridized carbons (Fsp3) is 0.692. The van der Waals surface area contributed by atoms with E-state index in [9.17, 15) is 15.2 Å². The lowest BCUT2D eigenvalue weighted by Crippen LogP contribution is -2.40. The molecule has 2 heterocycles. The summed E-state index contributed by atoms with van der Waals surface area (Å²) in [6, 6.07) is 1.83. The summed E-state index contributed by atoms with van der Waals surface area (Å²) in [5.41, 5.74) is 0.127. The summed E-state index contributed by atoms with van der Waals surface area (Å²) in [6.07, 6.45) is 1.57. The number of nitro groups is 1. The van der Waals surface area contributed by atoms with Crippen LogP contribution in [0.5, 0.6) is 0 Å². The molecular weight excluding hydrogens is 264 g/mol. The SMILES string of the molecule is CC1CCC(C)N(c2sc([C@H](C)O)cc2[N+](=O)[O-])C1. The van der Waals surface area contributed by atoms with Gasteiger partial charge in [0.15, 0.2) is 5.00 Å². The largest absolute Gasteiger partial charge is 0.388 e. The highest BCUT2D eigenvalue weighted by Crippen LogP contribution is 2.42. The Labute approximate surface area is 117 Å². The van der Waals surface area contributed by atoms with Crippen molar-refractivity contribution in [2.75, 3.05) is 11.4 Å². The second-order valence-electron chi connectivity index (χ2n) is 5.46. The molecule has 1 saturated heterocycles. The molecule has 0 radical (unpaired) electrons. The quantitative estimate of drug-likeness (QED) is 0.683. The predicted molar refractivity (Wildman–Crippen MR) is 76.8 cm³/mol. The van der Waals surface area contributed by atoms with Crippen LogP contribution in [0.4, 0.5) is 10.7 Å². The Hall–Kier alpha value is -1.14. The van der Waals surface area contributed by atoms with Crippen LogP contribution in [0, 0.1) is 16.0 Å². The van der Waals surface area contributed by atoms with Gasteiger partial charge in [-0.25, -0.2) is 0 Å². The molecule has 0 bridgehead atoms. The third-order valence-electron chi connectivity index (χ3n) is 3.70. The Bertz CT molecular complexity index is 472. The molecule has 19 heavy (non-hydrogen) atoms. The van der Waals surface area contributed by atoms with E-state index in [1.54, 1.807) is 6.92 Å². The maximum absolute atomic E-state index is 11.2. The summed E-state index contributed by atoms with van der Waals surface area (Å²) in [5, 5.41) is 21.5. The molecule has 0 amide bonds. The molecule has 1 aromatic rings. The monoisotopic (exact) mass is 284 g/mol. The lowest BCUT2D eigenvalue weighted by Gasteiger charge is -2.37. The van der Waals surface area contributed by atoms with E-state index in [1.165, 1.54) is 23.8 Å². The molecule has 106 valence electrons. The Kier molecular flexibility index (Phi) is 4.10. The van der Waals surface area contributed by atoms with Crippen LogP contribution in [-0.2, 0) is 0 Å². The Morgan fingerprint density at radius 2 is 2.21 bits per heavy atom. The van der Waals surface area contributed by atoms with Gasteiger partial charge in [-0.1, -0.05) is 6.92 Å². The first-order valence-corrected chi connectivity index (χ1v) is 7.44. The third kappa shape index (κ3) is 2.90. The lowest BCUT2D eigenvalue weighted by molar-refractivity contribution is -0.383. The zero-order valence-corrected chi connectivity index (χ0v) is 12.3. The van der Waals surface area contributed by atoms with Crippen molar-refractivity contribution in [3.05, 3.63) is 21.1 Å². The van der Waals surface area contributed by atoms with Gasteiger partial charge < -0.3 is 10.0 Å². The fourth-order valence-electron chi connectivity index (χ4n) is 2.50. The van der Waals surface area contributed by atoms with Gasteiger partial charge in [-0.3, -0.25) is 10.1 Å². The summed E-state index contributed by atoms with van der Waals surface area (Å²) in [6.45, 7) is 6.77. The standard InChI is InChI=1S/C13H20N2O3S/c1-8-4-5-9(2)14(7-8)13-11(15(17)18)6-12(19-13)10(3)16/h6,8-10,16H,4-5,7H2,1-3H3/t8?,9?,10-/m0/s1. The van der Waals surface area contributed by atoms with Crippen molar-refractivity contribution >= 4 is 22.0 Å². The van der Waals surface area contributed by atoms with E-state index in [4.69, 9.17) is 0 Å². The van der Waals surface area contributed by atoms with Gasteiger partial charge in [0, 0.05) is 23.5 Å². The Balaban J connectivity index is 2.39. The van der Waals surface area contributed by atoms with Gasteiger partial charge in [0.1, 0.15) is 0 Å². The molecule has 1 aliphatic rings. The highest BCUT2D eigenvalue weighted by Gasteiger charge is 2.31. The summed E-state index contributed by atoms with van der Waals surface area (Å²) in [5.74, 6) is 0.549. The van der Waals surface area contributed by atoms with Crippen LogP contribution in [-0.4, -0.2) is 22.6 Å². The van der Waals surface area contributed by atoms with Gasteiger partial charge in [0.25, 0.3) is 0 Å². The number of rotatable bonds is 3. The van der Waals surface area contributed by atoms with Crippen molar-refractivity contribution < 1.29 is 10.0 Å². The van der Waals surface area contributed by atoms with E-state index in [-0.39, 0.29) is 10.6 Å². The molecule has 2 unspecified atom stereocenters. The molecule has 0 aliphatic carbocycles. The number of aliphatic hydroxyl groups excluding tert-OH is 1. The summed E-state index contributed by atoms with van der Waals surface area (Å²) < 4.78 is 0. The van der Waals surface area contributed by atoms with Crippen molar-refractivity contribution in [2.45, 2.75) is 45.8 Å². The van der Waals surface area contributed by atoms with Gasteiger partial charge >= 0.3 is 5.69 Å². The van der Waals surface area contributed by atoms with Crippen LogP contribution in [0.3, 0.4) is 0 Å².